The third-order valence-corrected chi connectivity index (χ3v) is 3.52. The summed E-state index contributed by atoms with van der Waals surface area (Å²) in [6.07, 6.45) is 1.06. The van der Waals surface area contributed by atoms with E-state index in [2.05, 4.69) is 0 Å². The molecule has 0 amide bonds. The van der Waals surface area contributed by atoms with Crippen LogP contribution < -0.4 is 0 Å². The van der Waals surface area contributed by atoms with Gasteiger partial charge >= 0.3 is 0 Å². The van der Waals surface area contributed by atoms with Crippen LogP contribution in [-0.4, -0.2) is 37.4 Å². The van der Waals surface area contributed by atoms with Gasteiger partial charge in [0.2, 0.25) is 0 Å². The molecule has 92 valence electrons. The van der Waals surface area contributed by atoms with Crippen molar-refractivity contribution in [2.24, 2.45) is 5.92 Å². The van der Waals surface area contributed by atoms with E-state index >= 15 is 0 Å². The second kappa shape index (κ2) is 5.78. The van der Waals surface area contributed by atoms with Crippen molar-refractivity contribution in [2.75, 3.05) is 11.5 Å². The molecule has 8 heteroatoms. The molecule has 0 saturated heterocycles. The number of hydrogen-bond acceptors (Lipinski definition) is 4. The van der Waals surface area contributed by atoms with Gasteiger partial charge in [0, 0.05) is 0 Å². The molecule has 0 unspecified atom stereocenters. The van der Waals surface area contributed by atoms with Gasteiger partial charge in [-0.2, -0.15) is 16.8 Å². The SMILES string of the molecule is C[C@H](CCCS(=O)(=O)O)CCS(=O)(=O)O. The topological polar surface area (TPSA) is 109 Å². The Morgan fingerprint density at radius 1 is 0.933 bits per heavy atom. The molecule has 0 bridgehead atoms. The molecule has 0 aliphatic carbocycles. The van der Waals surface area contributed by atoms with Crippen LogP contribution in [0, 0.1) is 5.92 Å². The summed E-state index contributed by atoms with van der Waals surface area (Å²) in [7, 11) is -7.87. The number of hydrogen-bond donors (Lipinski definition) is 2. The maximum absolute atomic E-state index is 10.4. The van der Waals surface area contributed by atoms with E-state index in [9.17, 15) is 16.8 Å². The maximum Gasteiger partial charge on any atom is 0.264 e. The van der Waals surface area contributed by atoms with Crippen molar-refractivity contribution in [3.8, 4) is 0 Å². The van der Waals surface area contributed by atoms with Crippen molar-refractivity contribution in [3.05, 3.63) is 0 Å². The van der Waals surface area contributed by atoms with E-state index in [1.165, 1.54) is 0 Å². The molecule has 0 rings (SSSR count). The first-order chi connectivity index (χ1) is 6.60. The highest BCUT2D eigenvalue weighted by Gasteiger charge is 2.11. The lowest BCUT2D eigenvalue weighted by atomic mass is 10.0. The highest BCUT2D eigenvalue weighted by atomic mass is 32.2. The molecule has 0 spiro atoms. The first-order valence-electron chi connectivity index (χ1n) is 4.50. The van der Waals surface area contributed by atoms with Gasteiger partial charge in [0.05, 0.1) is 11.5 Å². The molecule has 0 aliphatic rings. The summed E-state index contributed by atoms with van der Waals surface area (Å²) in [6.45, 7) is 1.76. The van der Waals surface area contributed by atoms with Crippen LogP contribution in [0.3, 0.4) is 0 Å². The zero-order valence-electron chi connectivity index (χ0n) is 8.46. The van der Waals surface area contributed by atoms with Crippen molar-refractivity contribution in [3.63, 3.8) is 0 Å². The summed E-state index contributed by atoms with van der Waals surface area (Å²) in [6, 6.07) is 0. The first-order valence-corrected chi connectivity index (χ1v) is 7.72. The van der Waals surface area contributed by atoms with Gasteiger partial charge in [-0.05, 0) is 25.2 Å². The van der Waals surface area contributed by atoms with Crippen molar-refractivity contribution in [1.82, 2.24) is 0 Å². The smallest absolute Gasteiger partial charge is 0.264 e. The van der Waals surface area contributed by atoms with E-state index in [0.717, 1.165) is 0 Å². The summed E-state index contributed by atoms with van der Waals surface area (Å²) in [5.41, 5.74) is 0. The Hall–Kier alpha value is -0.180. The molecule has 0 heterocycles. The minimum atomic E-state index is -3.94. The normalized spacial score (nSPS) is 15.1. The van der Waals surface area contributed by atoms with Crippen molar-refractivity contribution in [2.45, 2.75) is 26.2 Å². The van der Waals surface area contributed by atoms with E-state index in [-0.39, 0.29) is 30.3 Å². The Labute approximate surface area is 90.2 Å². The van der Waals surface area contributed by atoms with E-state index in [1.807, 2.05) is 0 Å². The van der Waals surface area contributed by atoms with E-state index in [0.29, 0.717) is 6.42 Å². The third kappa shape index (κ3) is 11.7. The van der Waals surface area contributed by atoms with Crippen molar-refractivity contribution < 1.29 is 25.9 Å². The largest absolute Gasteiger partial charge is 0.286 e. The van der Waals surface area contributed by atoms with Gasteiger partial charge < -0.3 is 0 Å². The van der Waals surface area contributed by atoms with Gasteiger partial charge in [-0.25, -0.2) is 0 Å². The second-order valence-electron chi connectivity index (χ2n) is 3.61. The molecule has 0 aromatic heterocycles. The highest BCUT2D eigenvalue weighted by molar-refractivity contribution is 7.86. The van der Waals surface area contributed by atoms with Crippen LogP contribution in [0.5, 0.6) is 0 Å². The Morgan fingerprint density at radius 2 is 1.40 bits per heavy atom. The lowest BCUT2D eigenvalue weighted by Gasteiger charge is -2.08. The van der Waals surface area contributed by atoms with Gasteiger partial charge in [-0.1, -0.05) is 6.92 Å². The Morgan fingerprint density at radius 3 is 1.80 bits per heavy atom. The van der Waals surface area contributed by atoms with Gasteiger partial charge in [0.25, 0.3) is 20.2 Å². The minimum absolute atomic E-state index is 0.00586. The molecule has 15 heavy (non-hydrogen) atoms. The summed E-state index contributed by atoms with van der Waals surface area (Å²) in [5, 5.41) is 0. The fourth-order valence-electron chi connectivity index (χ4n) is 1.11. The van der Waals surface area contributed by atoms with Gasteiger partial charge in [-0.3, -0.25) is 9.11 Å². The van der Waals surface area contributed by atoms with Crippen LogP contribution in [0.1, 0.15) is 26.2 Å². The first kappa shape index (κ1) is 14.8. The Kier molecular flexibility index (Phi) is 5.71. The molecule has 2 N–H and O–H groups in total. The fourth-order valence-corrected chi connectivity index (χ4v) is 2.34. The van der Waals surface area contributed by atoms with Gasteiger partial charge in [0.1, 0.15) is 0 Å². The summed E-state index contributed by atoms with van der Waals surface area (Å²) >= 11 is 0. The Bertz CT molecular complexity index is 368. The van der Waals surface area contributed by atoms with Crippen LogP contribution in [-0.2, 0) is 20.2 Å². The summed E-state index contributed by atoms with van der Waals surface area (Å²) in [5.74, 6) is -0.642. The molecule has 6 nitrogen and oxygen atoms in total. The van der Waals surface area contributed by atoms with Gasteiger partial charge in [-0.15, -0.1) is 0 Å². The minimum Gasteiger partial charge on any atom is -0.286 e. The predicted molar refractivity (Wildman–Crippen MR) is 55.8 cm³/mol. The van der Waals surface area contributed by atoms with E-state index in [4.69, 9.17) is 9.11 Å². The molecule has 0 aliphatic heterocycles. The second-order valence-corrected chi connectivity index (χ2v) is 6.75. The predicted octanol–water partition coefficient (Wildman–Crippen LogP) is 0.568. The number of rotatable bonds is 7. The van der Waals surface area contributed by atoms with E-state index < -0.39 is 20.2 Å². The third-order valence-electron chi connectivity index (χ3n) is 1.97. The van der Waals surface area contributed by atoms with Crippen LogP contribution in [0.2, 0.25) is 0 Å². The monoisotopic (exact) mass is 260 g/mol. The average Bonchev–Trinajstić information content (AvgIpc) is 1.97. The zero-order chi connectivity index (χ0) is 12.1. The molecule has 0 radical (unpaired) electrons. The molecular formula is C7H16O6S2. The lowest BCUT2D eigenvalue weighted by Crippen LogP contribution is -2.10. The standard InChI is InChI=1S/C7H16O6S2/c1-7(4-6-15(11,12)13)3-2-5-14(8,9)10/h7H,2-6H2,1H3,(H,8,9,10)(H,11,12,13)/t7-/m1/s1. The van der Waals surface area contributed by atoms with Crippen LogP contribution in [0.25, 0.3) is 0 Å². The lowest BCUT2D eigenvalue weighted by molar-refractivity contribution is 0.451. The quantitative estimate of drug-likeness (QED) is 0.648. The molecule has 0 aromatic carbocycles. The molecule has 0 fully saturated rings. The highest BCUT2D eigenvalue weighted by Crippen LogP contribution is 2.11. The Balaban J connectivity index is 3.72. The molecule has 0 saturated carbocycles. The van der Waals surface area contributed by atoms with E-state index in [1.54, 1.807) is 6.92 Å². The van der Waals surface area contributed by atoms with Crippen molar-refractivity contribution in [1.29, 1.82) is 0 Å². The van der Waals surface area contributed by atoms with Gasteiger partial charge in [0.15, 0.2) is 0 Å². The molecule has 1 atom stereocenters. The molecule has 0 aromatic rings. The van der Waals surface area contributed by atoms with Crippen LogP contribution >= 0.6 is 0 Å². The summed E-state index contributed by atoms with van der Waals surface area (Å²) in [4.78, 5) is 0. The van der Waals surface area contributed by atoms with Crippen LogP contribution in [0.4, 0.5) is 0 Å². The summed E-state index contributed by atoms with van der Waals surface area (Å²) < 4.78 is 58.4. The van der Waals surface area contributed by atoms with Crippen molar-refractivity contribution >= 4 is 20.2 Å². The van der Waals surface area contributed by atoms with Crippen LogP contribution in [0.15, 0.2) is 0 Å². The maximum atomic E-state index is 10.4. The zero-order valence-corrected chi connectivity index (χ0v) is 10.1. The fraction of sp³-hybridized carbons (Fsp3) is 1.00. The average molecular weight is 260 g/mol. The molecular weight excluding hydrogens is 244 g/mol.